The van der Waals surface area contributed by atoms with Crippen molar-refractivity contribution in [2.24, 2.45) is 0 Å². The Kier molecular flexibility index (Phi) is 4.75. The van der Waals surface area contributed by atoms with Gasteiger partial charge in [0.1, 0.15) is 5.82 Å². The third-order valence-corrected chi connectivity index (χ3v) is 3.80. The van der Waals surface area contributed by atoms with Gasteiger partial charge in [-0.25, -0.2) is 4.98 Å². The number of hydrogen-bond donors (Lipinski definition) is 1. The fraction of sp³-hybridized carbons (Fsp3) is 0.438. The predicted octanol–water partition coefficient (Wildman–Crippen LogP) is 1.85. The molecule has 2 aromatic rings. The molecular formula is C16H21N5O2. The number of piperazine rings is 1. The maximum absolute atomic E-state index is 12.3. The zero-order chi connectivity index (χ0) is 16.1. The van der Waals surface area contributed by atoms with E-state index in [0.29, 0.717) is 24.8 Å². The second kappa shape index (κ2) is 7.13. The largest absolute Gasteiger partial charge is 0.459 e. The Morgan fingerprint density at radius 3 is 2.83 bits per heavy atom. The molecule has 7 nitrogen and oxygen atoms in total. The number of aromatic nitrogens is 2. The Morgan fingerprint density at radius 1 is 1.30 bits per heavy atom. The standard InChI is InChI=1S/C16H21N5O2/c1-2-6-17-16-18-7-5-14(19-16)20-8-10-21(11-9-20)15(22)13-4-3-12-23-13/h3-5,7,12H,2,6,8-11H2,1H3,(H,17,18,19). The Bertz CT molecular complexity index is 636. The minimum absolute atomic E-state index is 0.0531. The second-order valence-electron chi connectivity index (χ2n) is 5.42. The molecule has 1 aliphatic heterocycles. The minimum Gasteiger partial charge on any atom is -0.459 e. The summed E-state index contributed by atoms with van der Waals surface area (Å²) in [6.45, 7) is 5.76. The van der Waals surface area contributed by atoms with Gasteiger partial charge < -0.3 is 19.5 Å². The summed E-state index contributed by atoms with van der Waals surface area (Å²) in [6, 6.07) is 5.33. The van der Waals surface area contributed by atoms with E-state index in [-0.39, 0.29) is 5.91 Å². The summed E-state index contributed by atoms with van der Waals surface area (Å²) in [5.41, 5.74) is 0. The highest BCUT2D eigenvalue weighted by Crippen LogP contribution is 2.16. The number of rotatable bonds is 5. The number of hydrogen-bond acceptors (Lipinski definition) is 6. The molecule has 0 spiro atoms. The monoisotopic (exact) mass is 315 g/mol. The van der Waals surface area contributed by atoms with Crippen molar-refractivity contribution < 1.29 is 9.21 Å². The van der Waals surface area contributed by atoms with Gasteiger partial charge in [-0.2, -0.15) is 4.98 Å². The summed E-state index contributed by atoms with van der Waals surface area (Å²) in [7, 11) is 0. The van der Waals surface area contributed by atoms with Gasteiger partial charge in [-0.05, 0) is 24.6 Å². The number of furan rings is 1. The van der Waals surface area contributed by atoms with Crippen molar-refractivity contribution in [2.45, 2.75) is 13.3 Å². The van der Waals surface area contributed by atoms with Crippen LogP contribution in [0.5, 0.6) is 0 Å². The topological polar surface area (TPSA) is 74.5 Å². The fourth-order valence-corrected chi connectivity index (χ4v) is 2.54. The van der Waals surface area contributed by atoms with Gasteiger partial charge in [0.25, 0.3) is 5.91 Å². The first kappa shape index (κ1) is 15.3. The summed E-state index contributed by atoms with van der Waals surface area (Å²) < 4.78 is 5.18. The highest BCUT2D eigenvalue weighted by atomic mass is 16.3. The molecule has 0 atom stereocenters. The summed E-state index contributed by atoms with van der Waals surface area (Å²) in [5.74, 6) is 1.89. The molecule has 0 unspecified atom stereocenters. The van der Waals surface area contributed by atoms with Crippen LogP contribution in [0.1, 0.15) is 23.9 Å². The highest BCUT2D eigenvalue weighted by Gasteiger charge is 2.24. The number of nitrogens with zero attached hydrogens (tertiary/aromatic N) is 4. The van der Waals surface area contributed by atoms with Gasteiger partial charge in [-0.1, -0.05) is 6.92 Å². The average molecular weight is 315 g/mol. The number of amides is 1. The summed E-state index contributed by atoms with van der Waals surface area (Å²) >= 11 is 0. The van der Waals surface area contributed by atoms with Crippen LogP contribution in [-0.2, 0) is 0 Å². The molecular weight excluding hydrogens is 294 g/mol. The first-order valence-corrected chi connectivity index (χ1v) is 7.92. The number of anilines is 2. The lowest BCUT2D eigenvalue weighted by Gasteiger charge is -2.35. The maximum Gasteiger partial charge on any atom is 0.289 e. The van der Waals surface area contributed by atoms with Crippen molar-refractivity contribution in [1.29, 1.82) is 0 Å². The predicted molar refractivity (Wildman–Crippen MR) is 87.6 cm³/mol. The Hall–Kier alpha value is -2.57. The van der Waals surface area contributed by atoms with Crippen molar-refractivity contribution in [3.63, 3.8) is 0 Å². The maximum atomic E-state index is 12.3. The zero-order valence-corrected chi connectivity index (χ0v) is 13.2. The molecule has 0 radical (unpaired) electrons. The Balaban J connectivity index is 1.59. The Labute approximate surface area is 135 Å². The first-order chi connectivity index (χ1) is 11.3. The van der Waals surface area contributed by atoms with Crippen LogP contribution in [0.2, 0.25) is 0 Å². The quantitative estimate of drug-likeness (QED) is 0.907. The first-order valence-electron chi connectivity index (χ1n) is 7.92. The smallest absolute Gasteiger partial charge is 0.289 e. The van der Waals surface area contributed by atoms with Crippen LogP contribution in [0.3, 0.4) is 0 Å². The fourth-order valence-electron chi connectivity index (χ4n) is 2.54. The summed E-state index contributed by atoms with van der Waals surface area (Å²) in [4.78, 5) is 25.0. The molecule has 0 saturated carbocycles. The number of nitrogens with one attached hydrogen (secondary N) is 1. The van der Waals surface area contributed by atoms with E-state index in [0.717, 1.165) is 31.9 Å². The SMILES string of the molecule is CCCNc1nccc(N2CCN(C(=O)c3ccco3)CC2)n1. The van der Waals surface area contributed by atoms with E-state index in [2.05, 4.69) is 27.1 Å². The minimum atomic E-state index is -0.0531. The zero-order valence-electron chi connectivity index (χ0n) is 13.2. The van der Waals surface area contributed by atoms with E-state index in [9.17, 15) is 4.79 Å². The van der Waals surface area contributed by atoms with Crippen molar-refractivity contribution in [2.75, 3.05) is 42.9 Å². The van der Waals surface area contributed by atoms with Gasteiger partial charge in [0, 0.05) is 38.9 Å². The molecule has 1 amide bonds. The van der Waals surface area contributed by atoms with E-state index in [1.807, 2.05) is 11.0 Å². The lowest BCUT2D eigenvalue weighted by Crippen LogP contribution is -2.49. The van der Waals surface area contributed by atoms with Gasteiger partial charge in [0.2, 0.25) is 5.95 Å². The average Bonchev–Trinajstić information content (AvgIpc) is 3.14. The van der Waals surface area contributed by atoms with E-state index in [1.165, 1.54) is 6.26 Å². The molecule has 122 valence electrons. The van der Waals surface area contributed by atoms with E-state index in [4.69, 9.17) is 4.42 Å². The van der Waals surface area contributed by atoms with Crippen molar-refractivity contribution in [3.05, 3.63) is 36.4 Å². The lowest BCUT2D eigenvalue weighted by molar-refractivity contribution is 0.0714. The number of carbonyl (C=O) groups excluding carboxylic acids is 1. The molecule has 0 aliphatic carbocycles. The third kappa shape index (κ3) is 3.61. The molecule has 3 heterocycles. The van der Waals surface area contributed by atoms with Crippen LogP contribution in [-0.4, -0.2) is 53.5 Å². The van der Waals surface area contributed by atoms with Crippen LogP contribution in [0.4, 0.5) is 11.8 Å². The van der Waals surface area contributed by atoms with Crippen molar-refractivity contribution >= 4 is 17.7 Å². The van der Waals surface area contributed by atoms with Gasteiger partial charge in [0.05, 0.1) is 6.26 Å². The van der Waals surface area contributed by atoms with Crippen LogP contribution >= 0.6 is 0 Å². The lowest BCUT2D eigenvalue weighted by atomic mass is 10.3. The molecule has 0 bridgehead atoms. The molecule has 1 saturated heterocycles. The summed E-state index contributed by atoms with van der Waals surface area (Å²) in [6.07, 6.45) is 4.32. The van der Waals surface area contributed by atoms with Gasteiger partial charge in [-0.15, -0.1) is 0 Å². The van der Waals surface area contributed by atoms with Gasteiger partial charge >= 0.3 is 0 Å². The molecule has 1 N–H and O–H groups in total. The molecule has 1 fully saturated rings. The van der Waals surface area contributed by atoms with Crippen LogP contribution < -0.4 is 10.2 Å². The molecule has 23 heavy (non-hydrogen) atoms. The van der Waals surface area contributed by atoms with E-state index in [1.54, 1.807) is 18.3 Å². The van der Waals surface area contributed by atoms with Crippen molar-refractivity contribution in [1.82, 2.24) is 14.9 Å². The molecule has 0 aromatic carbocycles. The molecule has 3 rings (SSSR count). The normalized spacial score (nSPS) is 14.8. The highest BCUT2D eigenvalue weighted by molar-refractivity contribution is 5.91. The number of carbonyl (C=O) groups is 1. The molecule has 2 aromatic heterocycles. The second-order valence-corrected chi connectivity index (χ2v) is 5.42. The molecule has 7 heteroatoms. The van der Waals surface area contributed by atoms with Crippen LogP contribution in [0, 0.1) is 0 Å². The third-order valence-electron chi connectivity index (χ3n) is 3.80. The van der Waals surface area contributed by atoms with Crippen LogP contribution in [0.15, 0.2) is 35.1 Å². The van der Waals surface area contributed by atoms with E-state index < -0.39 is 0 Å². The van der Waals surface area contributed by atoms with Gasteiger partial charge in [0.15, 0.2) is 5.76 Å². The summed E-state index contributed by atoms with van der Waals surface area (Å²) in [5, 5.41) is 3.19. The molecule has 1 aliphatic rings. The van der Waals surface area contributed by atoms with Gasteiger partial charge in [-0.3, -0.25) is 4.79 Å². The van der Waals surface area contributed by atoms with Crippen molar-refractivity contribution in [3.8, 4) is 0 Å². The Morgan fingerprint density at radius 2 is 2.13 bits per heavy atom. The van der Waals surface area contributed by atoms with E-state index >= 15 is 0 Å². The van der Waals surface area contributed by atoms with Crippen LogP contribution in [0.25, 0.3) is 0 Å².